The maximum Gasteiger partial charge on any atom is 0.0159 e. The molecule has 0 fully saturated rings. The van der Waals surface area contributed by atoms with E-state index in [4.69, 9.17) is 0 Å². The zero-order valence-electron chi connectivity index (χ0n) is 43.6. The summed E-state index contributed by atoms with van der Waals surface area (Å²) < 4.78 is 0. The number of hydrogen-bond acceptors (Lipinski definition) is 0. The van der Waals surface area contributed by atoms with Crippen LogP contribution in [0.25, 0.3) is 111 Å². The Bertz CT molecular complexity index is 4090. The fourth-order valence-electron chi connectivity index (χ4n) is 13.3. The Hall–Kier alpha value is -8.58. The number of hydrogen-bond donors (Lipinski definition) is 0. The predicted octanol–water partition coefficient (Wildman–Crippen LogP) is 20.3. The Balaban J connectivity index is 0.796. The molecule has 3 aliphatic carbocycles. The van der Waals surface area contributed by atoms with E-state index in [2.05, 4.69) is 284 Å². The minimum absolute atomic E-state index is 0.109. The van der Waals surface area contributed by atoms with Crippen molar-refractivity contribution in [1.29, 1.82) is 0 Å². The number of benzene rings is 11. The van der Waals surface area contributed by atoms with Gasteiger partial charge < -0.3 is 0 Å². The van der Waals surface area contributed by atoms with Gasteiger partial charge in [-0.2, -0.15) is 0 Å². The molecule has 0 nitrogen and oxygen atoms in total. The lowest BCUT2D eigenvalue weighted by atomic mass is 9.79. The molecule has 75 heavy (non-hydrogen) atoms. The number of rotatable bonds is 7. The summed E-state index contributed by atoms with van der Waals surface area (Å²) in [6.45, 7) is 14.5. The van der Waals surface area contributed by atoms with Gasteiger partial charge in [0, 0.05) is 16.2 Å². The molecule has 0 N–H and O–H groups in total. The van der Waals surface area contributed by atoms with Crippen LogP contribution in [0.2, 0.25) is 0 Å². The van der Waals surface area contributed by atoms with Crippen molar-refractivity contribution in [2.24, 2.45) is 0 Å². The van der Waals surface area contributed by atoms with Crippen molar-refractivity contribution in [3.8, 4) is 111 Å². The van der Waals surface area contributed by atoms with E-state index >= 15 is 0 Å². The van der Waals surface area contributed by atoms with E-state index in [0.717, 1.165) is 0 Å². The van der Waals surface area contributed by atoms with Crippen molar-refractivity contribution in [2.75, 3.05) is 0 Å². The van der Waals surface area contributed by atoms with Gasteiger partial charge >= 0.3 is 0 Å². The highest BCUT2D eigenvalue weighted by atomic mass is 14.4. The Morgan fingerprint density at radius 2 is 0.413 bits per heavy atom. The minimum Gasteiger partial charge on any atom is -0.0622 e. The molecule has 0 saturated carbocycles. The van der Waals surface area contributed by atoms with Crippen LogP contribution >= 0.6 is 0 Å². The molecule has 0 heterocycles. The summed E-state index contributed by atoms with van der Waals surface area (Å²) >= 11 is 0. The third-order valence-corrected chi connectivity index (χ3v) is 17.5. The monoisotopic (exact) mass is 958 g/mol. The SMILES string of the molecule is CC1(C)c2cc(-c3ccccc3)ccc2-c2ccc(-c3ccc4c(c3)C(C)(C)c3cc(-c5ccc6c(c5)C(C)(C)c5cc(-c7cc(-c8ccccc8)cc(-c8ccccc8)c7-c7ccccc7)ccc5-6)ccc3-4)cc21. The molecule has 0 heteroatoms. The van der Waals surface area contributed by atoms with E-state index in [-0.39, 0.29) is 16.2 Å². The van der Waals surface area contributed by atoms with Gasteiger partial charge in [0.25, 0.3) is 0 Å². The lowest BCUT2D eigenvalue weighted by Gasteiger charge is -2.24. The normalized spacial score (nSPS) is 14.6. The van der Waals surface area contributed by atoms with E-state index in [1.165, 1.54) is 145 Å². The summed E-state index contributed by atoms with van der Waals surface area (Å²) in [6, 6.07) is 91.3. The molecule has 0 bridgehead atoms. The Morgan fingerprint density at radius 1 is 0.173 bits per heavy atom. The summed E-state index contributed by atoms with van der Waals surface area (Å²) in [4.78, 5) is 0. The smallest absolute Gasteiger partial charge is 0.0159 e. The van der Waals surface area contributed by atoms with E-state index in [0.29, 0.717) is 0 Å². The summed E-state index contributed by atoms with van der Waals surface area (Å²) in [5.74, 6) is 0. The summed E-state index contributed by atoms with van der Waals surface area (Å²) in [5.41, 5.74) is 33.3. The molecule has 0 aliphatic heterocycles. The molecule has 0 amide bonds. The topological polar surface area (TPSA) is 0 Å². The average Bonchev–Trinajstić information content (AvgIpc) is 4.06. The molecule has 358 valence electrons. The molecule has 11 aromatic rings. The highest BCUT2D eigenvalue weighted by Gasteiger charge is 2.39. The largest absolute Gasteiger partial charge is 0.0622 e. The lowest BCUT2D eigenvalue weighted by Crippen LogP contribution is -2.16. The molecular weight excluding hydrogens is 901 g/mol. The highest BCUT2D eigenvalue weighted by molar-refractivity contribution is 5.99. The van der Waals surface area contributed by atoms with Gasteiger partial charge in [0.1, 0.15) is 0 Å². The van der Waals surface area contributed by atoms with Crippen molar-refractivity contribution >= 4 is 0 Å². The molecule has 0 saturated heterocycles. The van der Waals surface area contributed by atoms with Crippen LogP contribution in [-0.2, 0) is 16.2 Å². The first kappa shape index (κ1) is 45.1. The molecule has 0 radical (unpaired) electrons. The summed E-state index contributed by atoms with van der Waals surface area (Å²) in [6.07, 6.45) is 0. The molecule has 0 spiro atoms. The Morgan fingerprint density at radius 3 is 0.747 bits per heavy atom. The van der Waals surface area contributed by atoms with Gasteiger partial charge in [0.05, 0.1) is 0 Å². The second-order valence-corrected chi connectivity index (χ2v) is 22.8. The van der Waals surface area contributed by atoms with Crippen molar-refractivity contribution in [1.82, 2.24) is 0 Å². The average molecular weight is 959 g/mol. The van der Waals surface area contributed by atoms with Gasteiger partial charge in [-0.3, -0.25) is 0 Å². The standard InChI is InChI=1S/C75H58/c1-73(2)66-41-51(47-19-11-7-12-20-47)27-33-58(66)59-34-28-52(42-67(59)73)53-29-35-60-61-36-30-54(44-69(61)74(3,4)68(60)43-53)55-31-37-62-63-38-32-56(46-71(63)75(5,6)70(62)45-55)65-40-57(48-21-13-8-14-22-48)39-64(49-23-15-9-16-24-49)72(65)50-25-17-10-18-26-50/h7-46H,1-6H3. The van der Waals surface area contributed by atoms with Gasteiger partial charge in [-0.15, -0.1) is 0 Å². The molecule has 14 rings (SSSR count). The zero-order chi connectivity index (χ0) is 50.8. The van der Waals surface area contributed by atoms with Crippen molar-refractivity contribution in [3.63, 3.8) is 0 Å². The summed E-state index contributed by atoms with van der Waals surface area (Å²) in [7, 11) is 0. The maximum absolute atomic E-state index is 2.49. The van der Waals surface area contributed by atoms with Crippen LogP contribution in [0.4, 0.5) is 0 Å². The van der Waals surface area contributed by atoms with Gasteiger partial charge in [0.2, 0.25) is 0 Å². The van der Waals surface area contributed by atoms with Crippen LogP contribution in [0.5, 0.6) is 0 Å². The van der Waals surface area contributed by atoms with Crippen molar-refractivity contribution in [3.05, 3.63) is 276 Å². The quantitative estimate of drug-likeness (QED) is 0.149. The fraction of sp³-hybridized carbons (Fsp3) is 0.120. The Kier molecular flexibility index (Phi) is 10.0. The third-order valence-electron chi connectivity index (χ3n) is 17.5. The van der Waals surface area contributed by atoms with Crippen LogP contribution in [0.15, 0.2) is 243 Å². The first-order valence-electron chi connectivity index (χ1n) is 26.7. The van der Waals surface area contributed by atoms with Gasteiger partial charge in [-0.05, 0) is 193 Å². The maximum atomic E-state index is 2.49. The third kappa shape index (κ3) is 7.03. The van der Waals surface area contributed by atoms with E-state index < -0.39 is 0 Å². The van der Waals surface area contributed by atoms with Crippen LogP contribution < -0.4 is 0 Å². The predicted molar refractivity (Wildman–Crippen MR) is 317 cm³/mol. The minimum atomic E-state index is -0.216. The van der Waals surface area contributed by atoms with Crippen LogP contribution in [-0.4, -0.2) is 0 Å². The zero-order valence-corrected chi connectivity index (χ0v) is 43.6. The van der Waals surface area contributed by atoms with Crippen molar-refractivity contribution < 1.29 is 0 Å². The molecule has 0 atom stereocenters. The molecule has 0 unspecified atom stereocenters. The molecule has 11 aromatic carbocycles. The second-order valence-electron chi connectivity index (χ2n) is 22.8. The van der Waals surface area contributed by atoms with Crippen LogP contribution in [0, 0.1) is 0 Å². The number of fused-ring (bicyclic) bond motifs is 9. The fourth-order valence-corrected chi connectivity index (χ4v) is 13.3. The van der Waals surface area contributed by atoms with E-state index in [1.54, 1.807) is 0 Å². The van der Waals surface area contributed by atoms with Crippen LogP contribution in [0.3, 0.4) is 0 Å². The van der Waals surface area contributed by atoms with Crippen molar-refractivity contribution in [2.45, 2.75) is 57.8 Å². The van der Waals surface area contributed by atoms with Gasteiger partial charge in [-0.25, -0.2) is 0 Å². The van der Waals surface area contributed by atoms with E-state index in [1.807, 2.05) is 0 Å². The first-order valence-corrected chi connectivity index (χ1v) is 26.7. The first-order chi connectivity index (χ1) is 36.4. The van der Waals surface area contributed by atoms with E-state index in [9.17, 15) is 0 Å². The van der Waals surface area contributed by atoms with Crippen LogP contribution in [0.1, 0.15) is 74.9 Å². The highest BCUT2D eigenvalue weighted by Crippen LogP contribution is 2.55. The Labute approximate surface area is 442 Å². The van der Waals surface area contributed by atoms with Gasteiger partial charge in [-0.1, -0.05) is 236 Å². The molecule has 0 aromatic heterocycles. The van der Waals surface area contributed by atoms with Gasteiger partial charge in [0.15, 0.2) is 0 Å². The molecular formula is C75H58. The molecule has 3 aliphatic rings. The summed E-state index contributed by atoms with van der Waals surface area (Å²) in [5, 5.41) is 0. The lowest BCUT2D eigenvalue weighted by molar-refractivity contribution is 0.659. The second kappa shape index (κ2) is 16.7.